The molecule has 112 valence electrons. The predicted octanol–water partition coefficient (Wildman–Crippen LogP) is 4.07. The van der Waals surface area contributed by atoms with Crippen molar-refractivity contribution in [1.29, 1.82) is 0 Å². The summed E-state index contributed by atoms with van der Waals surface area (Å²) >= 11 is 0. The SMILES string of the molecule is CNC(c1ccc(F)cc1)C1(OC)CCC(C)(C)CC1. The van der Waals surface area contributed by atoms with Gasteiger partial charge in [-0.1, -0.05) is 26.0 Å². The molecule has 1 aliphatic carbocycles. The van der Waals surface area contributed by atoms with Crippen LogP contribution >= 0.6 is 0 Å². The highest BCUT2D eigenvalue weighted by atomic mass is 19.1. The molecule has 1 aromatic carbocycles. The lowest BCUT2D eigenvalue weighted by Crippen LogP contribution is -2.48. The summed E-state index contributed by atoms with van der Waals surface area (Å²) in [4.78, 5) is 0. The molecule has 0 spiro atoms. The molecule has 1 saturated carbocycles. The smallest absolute Gasteiger partial charge is 0.123 e. The van der Waals surface area contributed by atoms with Crippen molar-refractivity contribution >= 4 is 0 Å². The highest BCUT2D eigenvalue weighted by molar-refractivity contribution is 5.23. The number of rotatable bonds is 4. The van der Waals surface area contributed by atoms with Gasteiger partial charge in [0.25, 0.3) is 0 Å². The summed E-state index contributed by atoms with van der Waals surface area (Å²) in [5, 5.41) is 3.38. The summed E-state index contributed by atoms with van der Waals surface area (Å²) in [5.41, 5.74) is 1.29. The van der Waals surface area contributed by atoms with Crippen LogP contribution in [0.2, 0.25) is 0 Å². The predicted molar refractivity (Wildman–Crippen MR) is 80.2 cm³/mol. The highest BCUT2D eigenvalue weighted by Crippen LogP contribution is 2.47. The first-order valence-electron chi connectivity index (χ1n) is 7.40. The van der Waals surface area contributed by atoms with E-state index in [0.29, 0.717) is 5.41 Å². The third-order valence-electron chi connectivity index (χ3n) is 4.87. The van der Waals surface area contributed by atoms with E-state index in [1.165, 1.54) is 12.1 Å². The molecule has 20 heavy (non-hydrogen) atoms. The van der Waals surface area contributed by atoms with Gasteiger partial charge in [0.15, 0.2) is 0 Å². The van der Waals surface area contributed by atoms with Gasteiger partial charge in [-0.2, -0.15) is 0 Å². The molecule has 0 aromatic heterocycles. The average molecular weight is 279 g/mol. The first kappa shape index (κ1) is 15.5. The zero-order chi connectivity index (χ0) is 14.8. The van der Waals surface area contributed by atoms with Gasteiger partial charge >= 0.3 is 0 Å². The Morgan fingerprint density at radius 1 is 1.10 bits per heavy atom. The Bertz CT molecular complexity index is 431. The van der Waals surface area contributed by atoms with Crippen LogP contribution in [0.25, 0.3) is 0 Å². The molecule has 0 heterocycles. The quantitative estimate of drug-likeness (QED) is 0.897. The Hall–Kier alpha value is -0.930. The minimum Gasteiger partial charge on any atom is -0.376 e. The van der Waals surface area contributed by atoms with E-state index in [0.717, 1.165) is 31.2 Å². The molecule has 1 atom stereocenters. The second-order valence-corrected chi connectivity index (χ2v) is 6.71. The van der Waals surface area contributed by atoms with Crippen LogP contribution in [0.1, 0.15) is 51.1 Å². The summed E-state index contributed by atoms with van der Waals surface area (Å²) < 4.78 is 19.1. The molecule has 1 aromatic rings. The Morgan fingerprint density at radius 3 is 2.10 bits per heavy atom. The average Bonchev–Trinajstić information content (AvgIpc) is 2.44. The molecular formula is C17H26FNO. The molecule has 2 rings (SSSR count). The molecule has 1 unspecified atom stereocenters. The zero-order valence-corrected chi connectivity index (χ0v) is 13.0. The third-order valence-corrected chi connectivity index (χ3v) is 4.87. The standard InChI is InChI=1S/C17H26FNO/c1-16(2)9-11-17(20-4,12-10-16)15(19-3)13-5-7-14(18)8-6-13/h5-8,15,19H,9-12H2,1-4H3. The monoisotopic (exact) mass is 279 g/mol. The van der Waals surface area contributed by atoms with Crippen LogP contribution in [-0.2, 0) is 4.74 Å². The molecule has 3 heteroatoms. The number of methoxy groups -OCH3 is 1. The van der Waals surface area contributed by atoms with Gasteiger partial charge in [-0.25, -0.2) is 4.39 Å². The summed E-state index contributed by atoms with van der Waals surface area (Å²) in [5.74, 6) is -0.195. The summed E-state index contributed by atoms with van der Waals surface area (Å²) in [7, 11) is 3.75. The fourth-order valence-corrected chi connectivity index (χ4v) is 3.35. The van der Waals surface area contributed by atoms with Gasteiger partial charge in [-0.3, -0.25) is 0 Å². The first-order chi connectivity index (χ1) is 9.42. The van der Waals surface area contributed by atoms with E-state index >= 15 is 0 Å². The molecule has 1 fully saturated rings. The van der Waals surface area contributed by atoms with E-state index in [9.17, 15) is 4.39 Å². The van der Waals surface area contributed by atoms with Crippen molar-refractivity contribution in [2.75, 3.05) is 14.2 Å². The molecule has 0 saturated heterocycles. The highest BCUT2D eigenvalue weighted by Gasteiger charge is 2.44. The van der Waals surface area contributed by atoms with E-state index in [2.05, 4.69) is 19.2 Å². The van der Waals surface area contributed by atoms with Crippen LogP contribution in [-0.4, -0.2) is 19.8 Å². The molecule has 0 aliphatic heterocycles. The van der Waals surface area contributed by atoms with Crippen LogP contribution in [0.15, 0.2) is 24.3 Å². The van der Waals surface area contributed by atoms with E-state index in [1.807, 2.05) is 19.2 Å². The number of ether oxygens (including phenoxy) is 1. The second kappa shape index (κ2) is 5.82. The fourth-order valence-electron chi connectivity index (χ4n) is 3.35. The first-order valence-corrected chi connectivity index (χ1v) is 7.40. The zero-order valence-electron chi connectivity index (χ0n) is 13.0. The summed E-state index contributed by atoms with van der Waals surface area (Å²) in [6.07, 6.45) is 4.36. The maximum absolute atomic E-state index is 13.1. The summed E-state index contributed by atoms with van der Waals surface area (Å²) in [6.45, 7) is 4.64. The molecule has 1 N–H and O–H groups in total. The summed E-state index contributed by atoms with van der Waals surface area (Å²) in [6, 6.07) is 6.86. The number of benzene rings is 1. The normalized spacial score (nSPS) is 22.4. The molecule has 1 aliphatic rings. The Balaban J connectivity index is 2.26. The van der Waals surface area contributed by atoms with Crippen molar-refractivity contribution in [3.8, 4) is 0 Å². The van der Waals surface area contributed by atoms with E-state index < -0.39 is 0 Å². The lowest BCUT2D eigenvalue weighted by molar-refractivity contribution is -0.0862. The van der Waals surface area contributed by atoms with Crippen LogP contribution in [0.3, 0.4) is 0 Å². The minimum atomic E-state index is -0.195. The van der Waals surface area contributed by atoms with Gasteiger partial charge in [0, 0.05) is 7.11 Å². The van der Waals surface area contributed by atoms with Crippen LogP contribution in [0.4, 0.5) is 4.39 Å². The van der Waals surface area contributed by atoms with Crippen molar-refractivity contribution in [3.05, 3.63) is 35.6 Å². The van der Waals surface area contributed by atoms with E-state index in [-0.39, 0.29) is 17.5 Å². The van der Waals surface area contributed by atoms with Crippen LogP contribution in [0, 0.1) is 11.2 Å². The lowest BCUT2D eigenvalue weighted by atomic mass is 9.67. The lowest BCUT2D eigenvalue weighted by Gasteiger charge is -2.47. The van der Waals surface area contributed by atoms with E-state index in [1.54, 1.807) is 7.11 Å². The minimum absolute atomic E-state index is 0.101. The maximum atomic E-state index is 13.1. The van der Waals surface area contributed by atoms with E-state index in [4.69, 9.17) is 4.74 Å². The number of nitrogens with one attached hydrogen (secondary N) is 1. The van der Waals surface area contributed by atoms with Gasteiger partial charge in [0.05, 0.1) is 11.6 Å². The Labute approximate surface area is 121 Å². The van der Waals surface area contributed by atoms with Gasteiger partial charge < -0.3 is 10.1 Å². The molecular weight excluding hydrogens is 253 g/mol. The molecule has 0 amide bonds. The van der Waals surface area contributed by atoms with Crippen LogP contribution < -0.4 is 5.32 Å². The second-order valence-electron chi connectivity index (χ2n) is 6.71. The third kappa shape index (κ3) is 3.04. The van der Waals surface area contributed by atoms with Gasteiger partial charge in [0.2, 0.25) is 0 Å². The number of halogens is 1. The maximum Gasteiger partial charge on any atom is 0.123 e. The molecule has 0 radical (unpaired) electrons. The Kier molecular flexibility index (Phi) is 4.50. The van der Waals surface area contributed by atoms with Gasteiger partial charge in [0.1, 0.15) is 5.82 Å². The number of hydrogen-bond acceptors (Lipinski definition) is 2. The van der Waals surface area contributed by atoms with Crippen molar-refractivity contribution in [3.63, 3.8) is 0 Å². The van der Waals surface area contributed by atoms with Crippen molar-refractivity contribution in [2.24, 2.45) is 5.41 Å². The number of hydrogen-bond donors (Lipinski definition) is 1. The largest absolute Gasteiger partial charge is 0.376 e. The Morgan fingerprint density at radius 2 is 1.65 bits per heavy atom. The van der Waals surface area contributed by atoms with Gasteiger partial charge in [-0.15, -0.1) is 0 Å². The van der Waals surface area contributed by atoms with Crippen molar-refractivity contribution in [1.82, 2.24) is 5.32 Å². The van der Waals surface area contributed by atoms with Gasteiger partial charge in [-0.05, 0) is 55.8 Å². The fraction of sp³-hybridized carbons (Fsp3) is 0.647. The van der Waals surface area contributed by atoms with Crippen molar-refractivity contribution < 1.29 is 9.13 Å². The molecule has 2 nitrogen and oxygen atoms in total. The number of likely N-dealkylation sites (N-methyl/N-ethyl adjacent to an activating group) is 1. The topological polar surface area (TPSA) is 21.3 Å². The molecule has 0 bridgehead atoms. The van der Waals surface area contributed by atoms with Crippen LogP contribution in [0.5, 0.6) is 0 Å². The van der Waals surface area contributed by atoms with Crippen molar-refractivity contribution in [2.45, 2.75) is 51.2 Å².